The van der Waals surface area contributed by atoms with Crippen molar-refractivity contribution in [3.8, 4) is 0 Å². The fourth-order valence-electron chi connectivity index (χ4n) is 2.09. The van der Waals surface area contributed by atoms with Gasteiger partial charge in [0.2, 0.25) is 0 Å². The van der Waals surface area contributed by atoms with Crippen LogP contribution in [-0.2, 0) is 20.0 Å². The number of aromatic nitrogens is 2. The summed E-state index contributed by atoms with van der Waals surface area (Å²) in [6, 6.07) is 8.88. The molecule has 0 saturated heterocycles. The van der Waals surface area contributed by atoms with Crippen molar-refractivity contribution in [2.24, 2.45) is 7.05 Å². The monoisotopic (exact) mass is 257 g/mol. The normalized spacial score (nSPS) is 11.2. The number of benzene rings is 1. The van der Waals surface area contributed by atoms with E-state index < -0.39 is 0 Å². The maximum absolute atomic E-state index is 4.17. The van der Waals surface area contributed by atoms with Gasteiger partial charge in [0.05, 0.1) is 6.20 Å². The molecule has 0 aliphatic rings. The number of rotatable bonds is 6. The minimum absolute atomic E-state index is 0.604. The first-order chi connectivity index (χ1) is 9.15. The second kappa shape index (κ2) is 6.53. The number of nitrogens with one attached hydrogen (secondary N) is 1. The van der Waals surface area contributed by atoms with Crippen LogP contribution in [0.4, 0.5) is 0 Å². The van der Waals surface area contributed by atoms with Gasteiger partial charge in [-0.3, -0.25) is 4.68 Å². The summed E-state index contributed by atoms with van der Waals surface area (Å²) >= 11 is 0. The van der Waals surface area contributed by atoms with Crippen molar-refractivity contribution in [2.45, 2.75) is 32.7 Å². The lowest BCUT2D eigenvalue weighted by atomic mass is 10.0. The van der Waals surface area contributed by atoms with Crippen molar-refractivity contribution in [1.82, 2.24) is 15.1 Å². The first-order valence-electron chi connectivity index (χ1n) is 6.92. The molecule has 3 nitrogen and oxygen atoms in total. The summed E-state index contributed by atoms with van der Waals surface area (Å²) in [5.74, 6) is 0.604. The summed E-state index contributed by atoms with van der Waals surface area (Å²) < 4.78 is 1.85. The highest BCUT2D eigenvalue weighted by Gasteiger charge is 1.99. The topological polar surface area (TPSA) is 29.9 Å². The van der Waals surface area contributed by atoms with Gasteiger partial charge in [-0.15, -0.1) is 0 Å². The third kappa shape index (κ3) is 4.21. The number of hydrogen-bond donors (Lipinski definition) is 1. The molecule has 0 amide bonds. The molecular weight excluding hydrogens is 234 g/mol. The van der Waals surface area contributed by atoms with Crippen LogP contribution in [-0.4, -0.2) is 16.3 Å². The van der Waals surface area contributed by atoms with Crippen LogP contribution in [0.1, 0.15) is 36.5 Å². The van der Waals surface area contributed by atoms with Crippen molar-refractivity contribution in [2.75, 3.05) is 6.54 Å². The first kappa shape index (κ1) is 13.8. The maximum atomic E-state index is 4.17. The zero-order valence-electron chi connectivity index (χ0n) is 12.1. The van der Waals surface area contributed by atoms with Crippen LogP contribution in [0, 0.1) is 0 Å². The smallest absolute Gasteiger partial charge is 0.0522 e. The van der Waals surface area contributed by atoms with Gasteiger partial charge < -0.3 is 5.32 Å². The fraction of sp³-hybridized carbons (Fsp3) is 0.438. The molecule has 1 N–H and O–H groups in total. The summed E-state index contributed by atoms with van der Waals surface area (Å²) in [5, 5.41) is 7.64. The van der Waals surface area contributed by atoms with Gasteiger partial charge in [0.15, 0.2) is 0 Å². The van der Waals surface area contributed by atoms with Crippen molar-refractivity contribution in [1.29, 1.82) is 0 Å². The highest BCUT2D eigenvalue weighted by Crippen LogP contribution is 2.14. The highest BCUT2D eigenvalue weighted by atomic mass is 15.2. The van der Waals surface area contributed by atoms with E-state index in [0.717, 1.165) is 19.5 Å². The molecule has 0 aliphatic heterocycles. The molecule has 3 heteroatoms. The Hall–Kier alpha value is -1.61. The van der Waals surface area contributed by atoms with Gasteiger partial charge >= 0.3 is 0 Å². The third-order valence-electron chi connectivity index (χ3n) is 3.32. The van der Waals surface area contributed by atoms with Crippen LogP contribution in [0.5, 0.6) is 0 Å². The van der Waals surface area contributed by atoms with E-state index in [0.29, 0.717) is 5.92 Å². The summed E-state index contributed by atoms with van der Waals surface area (Å²) in [4.78, 5) is 0. The molecule has 2 aromatic rings. The van der Waals surface area contributed by atoms with Gasteiger partial charge in [0, 0.05) is 19.8 Å². The van der Waals surface area contributed by atoms with E-state index >= 15 is 0 Å². The van der Waals surface area contributed by atoms with Gasteiger partial charge in [-0.1, -0.05) is 38.1 Å². The molecule has 0 aliphatic carbocycles. The lowest BCUT2D eigenvalue weighted by Crippen LogP contribution is -2.16. The second-order valence-electron chi connectivity index (χ2n) is 5.35. The Kier molecular flexibility index (Phi) is 4.74. The van der Waals surface area contributed by atoms with Gasteiger partial charge in [-0.2, -0.15) is 5.10 Å². The van der Waals surface area contributed by atoms with Crippen LogP contribution >= 0.6 is 0 Å². The molecule has 1 aromatic carbocycles. The molecule has 1 aromatic heterocycles. The molecule has 0 unspecified atom stereocenters. The Morgan fingerprint density at radius 3 is 2.47 bits per heavy atom. The molecule has 0 spiro atoms. The summed E-state index contributed by atoms with van der Waals surface area (Å²) in [7, 11) is 1.95. The Morgan fingerprint density at radius 1 is 1.16 bits per heavy atom. The molecule has 2 rings (SSSR count). The average Bonchev–Trinajstić information content (AvgIpc) is 2.81. The van der Waals surface area contributed by atoms with Crippen LogP contribution in [0.2, 0.25) is 0 Å². The lowest BCUT2D eigenvalue weighted by Gasteiger charge is -2.07. The van der Waals surface area contributed by atoms with Crippen molar-refractivity contribution < 1.29 is 0 Å². The molecule has 1 heterocycles. The van der Waals surface area contributed by atoms with Gasteiger partial charge in [0.25, 0.3) is 0 Å². The van der Waals surface area contributed by atoms with E-state index in [4.69, 9.17) is 0 Å². The quantitative estimate of drug-likeness (QED) is 0.806. The lowest BCUT2D eigenvalue weighted by molar-refractivity contribution is 0.685. The fourth-order valence-corrected chi connectivity index (χ4v) is 2.09. The van der Waals surface area contributed by atoms with E-state index in [1.807, 2.05) is 17.9 Å². The minimum Gasteiger partial charge on any atom is -0.312 e. The predicted molar refractivity (Wildman–Crippen MR) is 79.1 cm³/mol. The summed E-state index contributed by atoms with van der Waals surface area (Å²) in [6.45, 7) is 6.36. The molecule has 0 atom stereocenters. The van der Waals surface area contributed by atoms with Crippen LogP contribution in [0.15, 0.2) is 36.7 Å². The second-order valence-corrected chi connectivity index (χ2v) is 5.35. The van der Waals surface area contributed by atoms with Gasteiger partial charge in [-0.05, 0) is 35.6 Å². The van der Waals surface area contributed by atoms with E-state index in [1.54, 1.807) is 0 Å². The van der Waals surface area contributed by atoms with Gasteiger partial charge in [0.1, 0.15) is 0 Å². The van der Waals surface area contributed by atoms with E-state index in [9.17, 15) is 0 Å². The Balaban J connectivity index is 1.73. The van der Waals surface area contributed by atoms with E-state index in [1.165, 1.54) is 16.7 Å². The molecule has 0 saturated carbocycles. The molecule has 0 bridgehead atoms. The predicted octanol–water partition coefficient (Wildman–Crippen LogP) is 2.88. The van der Waals surface area contributed by atoms with E-state index in [2.05, 4.69) is 54.7 Å². The molecular formula is C16H23N3. The number of hydrogen-bond acceptors (Lipinski definition) is 2. The molecule has 0 radical (unpaired) electrons. The standard InChI is InChI=1S/C16H23N3/c1-13(2)16-6-4-14(5-7-16)10-17-9-8-15-11-18-19(3)12-15/h4-7,11-13,17H,8-10H2,1-3H3. The third-order valence-corrected chi connectivity index (χ3v) is 3.32. The molecule has 19 heavy (non-hydrogen) atoms. The SMILES string of the molecule is CC(C)c1ccc(CNCCc2cnn(C)c2)cc1. The number of nitrogens with zero attached hydrogens (tertiary/aromatic N) is 2. The zero-order valence-corrected chi connectivity index (χ0v) is 12.1. The summed E-state index contributed by atoms with van der Waals surface area (Å²) in [5.41, 5.74) is 4.03. The van der Waals surface area contributed by atoms with Gasteiger partial charge in [-0.25, -0.2) is 0 Å². The van der Waals surface area contributed by atoms with E-state index in [-0.39, 0.29) is 0 Å². The van der Waals surface area contributed by atoms with Crippen molar-refractivity contribution >= 4 is 0 Å². The number of aryl methyl sites for hydroxylation is 1. The van der Waals surface area contributed by atoms with Crippen LogP contribution < -0.4 is 5.32 Å². The molecule has 0 fully saturated rings. The first-order valence-corrected chi connectivity index (χ1v) is 6.92. The Labute approximate surface area is 115 Å². The van der Waals surface area contributed by atoms with Crippen LogP contribution in [0.25, 0.3) is 0 Å². The Morgan fingerprint density at radius 2 is 1.89 bits per heavy atom. The summed E-state index contributed by atoms with van der Waals surface area (Å²) in [6.07, 6.45) is 5.02. The largest absolute Gasteiger partial charge is 0.312 e. The van der Waals surface area contributed by atoms with Crippen molar-refractivity contribution in [3.05, 3.63) is 53.3 Å². The minimum atomic E-state index is 0.604. The zero-order chi connectivity index (χ0) is 13.7. The van der Waals surface area contributed by atoms with Crippen LogP contribution in [0.3, 0.4) is 0 Å². The molecule has 102 valence electrons. The average molecular weight is 257 g/mol. The highest BCUT2D eigenvalue weighted by molar-refractivity contribution is 5.24. The van der Waals surface area contributed by atoms with Crippen molar-refractivity contribution in [3.63, 3.8) is 0 Å². The Bertz CT molecular complexity index is 497. The maximum Gasteiger partial charge on any atom is 0.0522 e.